The fourth-order valence-corrected chi connectivity index (χ4v) is 2.11. The second-order valence-corrected chi connectivity index (χ2v) is 6.27. The second kappa shape index (κ2) is 6.61. The van der Waals surface area contributed by atoms with Crippen LogP contribution in [-0.4, -0.2) is 34.1 Å². The van der Waals surface area contributed by atoms with E-state index in [4.69, 9.17) is 15.2 Å². The molecule has 0 aliphatic carbocycles. The van der Waals surface area contributed by atoms with Crippen molar-refractivity contribution in [3.8, 4) is 11.5 Å². The van der Waals surface area contributed by atoms with E-state index in [1.807, 2.05) is 12.1 Å². The standard InChI is InChI=1S/C12H19NO4S/c1-16-11-5-4-10(9-13)12(8-11)17-6-3-7-18(2,14)15/h4-5,8H,3,6-7,9,13H2,1-2H3. The van der Waals surface area contributed by atoms with Crippen molar-refractivity contribution in [3.63, 3.8) is 0 Å². The molecule has 0 fully saturated rings. The summed E-state index contributed by atoms with van der Waals surface area (Å²) in [4.78, 5) is 0. The topological polar surface area (TPSA) is 78.6 Å². The first kappa shape index (κ1) is 14.8. The molecule has 18 heavy (non-hydrogen) atoms. The van der Waals surface area contributed by atoms with Crippen LogP contribution < -0.4 is 15.2 Å². The van der Waals surface area contributed by atoms with Gasteiger partial charge in [0.05, 0.1) is 19.5 Å². The lowest BCUT2D eigenvalue weighted by Crippen LogP contribution is -2.09. The van der Waals surface area contributed by atoms with Crippen molar-refractivity contribution in [2.45, 2.75) is 13.0 Å². The van der Waals surface area contributed by atoms with Gasteiger partial charge >= 0.3 is 0 Å². The molecular weight excluding hydrogens is 254 g/mol. The van der Waals surface area contributed by atoms with Crippen molar-refractivity contribution < 1.29 is 17.9 Å². The molecule has 0 aliphatic rings. The molecule has 1 aromatic carbocycles. The zero-order valence-electron chi connectivity index (χ0n) is 10.7. The fraction of sp³-hybridized carbons (Fsp3) is 0.500. The van der Waals surface area contributed by atoms with Crippen LogP contribution in [-0.2, 0) is 16.4 Å². The fourth-order valence-electron chi connectivity index (χ4n) is 1.47. The summed E-state index contributed by atoms with van der Waals surface area (Å²) in [5, 5.41) is 0. The van der Waals surface area contributed by atoms with Crippen molar-refractivity contribution in [2.75, 3.05) is 25.7 Å². The lowest BCUT2D eigenvalue weighted by molar-refractivity contribution is 0.311. The van der Waals surface area contributed by atoms with Crippen LogP contribution in [0.5, 0.6) is 11.5 Å². The van der Waals surface area contributed by atoms with Crippen molar-refractivity contribution in [2.24, 2.45) is 5.73 Å². The van der Waals surface area contributed by atoms with Crippen LogP contribution in [0.4, 0.5) is 0 Å². The highest BCUT2D eigenvalue weighted by molar-refractivity contribution is 7.90. The monoisotopic (exact) mass is 273 g/mol. The predicted octanol–water partition coefficient (Wildman–Crippen LogP) is 0.967. The van der Waals surface area contributed by atoms with E-state index >= 15 is 0 Å². The number of sulfone groups is 1. The number of nitrogens with two attached hydrogens (primary N) is 1. The Labute approximate surface area is 108 Å². The summed E-state index contributed by atoms with van der Waals surface area (Å²) in [5.41, 5.74) is 6.47. The van der Waals surface area contributed by atoms with Gasteiger partial charge in [-0.1, -0.05) is 6.07 Å². The maximum Gasteiger partial charge on any atom is 0.147 e. The van der Waals surface area contributed by atoms with E-state index in [0.717, 1.165) is 5.56 Å². The number of hydrogen-bond donors (Lipinski definition) is 1. The van der Waals surface area contributed by atoms with Gasteiger partial charge in [-0.05, 0) is 12.5 Å². The van der Waals surface area contributed by atoms with Crippen LogP contribution in [0.1, 0.15) is 12.0 Å². The van der Waals surface area contributed by atoms with Crippen molar-refractivity contribution in [1.82, 2.24) is 0 Å². The number of benzene rings is 1. The van der Waals surface area contributed by atoms with E-state index in [2.05, 4.69) is 0 Å². The third-order valence-electron chi connectivity index (χ3n) is 2.41. The molecule has 0 amide bonds. The zero-order chi connectivity index (χ0) is 13.6. The van der Waals surface area contributed by atoms with Gasteiger partial charge in [0.2, 0.25) is 0 Å². The molecule has 0 atom stereocenters. The van der Waals surface area contributed by atoms with Crippen molar-refractivity contribution in [1.29, 1.82) is 0 Å². The van der Waals surface area contributed by atoms with Gasteiger partial charge in [-0.2, -0.15) is 0 Å². The molecular formula is C12H19NO4S. The Kier molecular flexibility index (Phi) is 5.43. The van der Waals surface area contributed by atoms with Crippen molar-refractivity contribution >= 4 is 9.84 Å². The van der Waals surface area contributed by atoms with Crippen LogP contribution >= 0.6 is 0 Å². The van der Waals surface area contributed by atoms with E-state index in [9.17, 15) is 8.42 Å². The normalized spacial score (nSPS) is 11.3. The Bertz CT molecular complexity index is 485. The molecule has 0 saturated carbocycles. The molecule has 5 nitrogen and oxygen atoms in total. The Morgan fingerprint density at radius 1 is 1.33 bits per heavy atom. The van der Waals surface area contributed by atoms with E-state index in [0.29, 0.717) is 31.1 Å². The molecule has 0 unspecified atom stereocenters. The molecule has 6 heteroatoms. The first-order valence-electron chi connectivity index (χ1n) is 5.64. The summed E-state index contributed by atoms with van der Waals surface area (Å²) < 4.78 is 32.6. The molecule has 1 rings (SSSR count). The number of methoxy groups -OCH3 is 1. The van der Waals surface area contributed by atoms with Gasteiger partial charge in [-0.25, -0.2) is 8.42 Å². The van der Waals surface area contributed by atoms with E-state index in [1.54, 1.807) is 13.2 Å². The first-order valence-corrected chi connectivity index (χ1v) is 7.70. The quantitative estimate of drug-likeness (QED) is 0.749. The molecule has 2 N–H and O–H groups in total. The van der Waals surface area contributed by atoms with Gasteiger partial charge in [0.15, 0.2) is 0 Å². The summed E-state index contributed by atoms with van der Waals surface area (Å²) in [5.74, 6) is 1.45. The number of rotatable bonds is 7. The zero-order valence-corrected chi connectivity index (χ0v) is 11.5. The van der Waals surface area contributed by atoms with Gasteiger partial charge in [-0.15, -0.1) is 0 Å². The minimum atomic E-state index is -2.94. The Morgan fingerprint density at radius 3 is 2.61 bits per heavy atom. The van der Waals surface area contributed by atoms with Gasteiger partial charge in [-0.3, -0.25) is 0 Å². The van der Waals surface area contributed by atoms with Crippen LogP contribution in [0.2, 0.25) is 0 Å². The minimum absolute atomic E-state index is 0.120. The lowest BCUT2D eigenvalue weighted by Gasteiger charge is -2.11. The average molecular weight is 273 g/mol. The van der Waals surface area contributed by atoms with Crippen LogP contribution in [0.25, 0.3) is 0 Å². The van der Waals surface area contributed by atoms with E-state index < -0.39 is 9.84 Å². The van der Waals surface area contributed by atoms with E-state index in [1.165, 1.54) is 6.26 Å². The highest BCUT2D eigenvalue weighted by Crippen LogP contribution is 2.24. The average Bonchev–Trinajstić information content (AvgIpc) is 2.33. The molecule has 102 valence electrons. The molecule has 0 saturated heterocycles. The van der Waals surface area contributed by atoms with Crippen LogP contribution in [0, 0.1) is 0 Å². The molecule has 1 aromatic rings. The Hall–Kier alpha value is -1.27. The SMILES string of the molecule is COc1ccc(CN)c(OCCCS(C)(=O)=O)c1. The molecule has 0 spiro atoms. The Morgan fingerprint density at radius 2 is 2.06 bits per heavy atom. The maximum absolute atomic E-state index is 11.0. The molecule has 0 radical (unpaired) electrons. The maximum atomic E-state index is 11.0. The second-order valence-electron chi connectivity index (χ2n) is 4.01. The summed E-state index contributed by atoms with van der Waals surface area (Å²) in [6.45, 7) is 0.707. The minimum Gasteiger partial charge on any atom is -0.497 e. The molecule has 0 bridgehead atoms. The van der Waals surface area contributed by atoms with Crippen LogP contribution in [0.15, 0.2) is 18.2 Å². The third-order valence-corrected chi connectivity index (χ3v) is 3.44. The smallest absolute Gasteiger partial charge is 0.147 e. The summed E-state index contributed by atoms with van der Waals surface area (Å²) in [6.07, 6.45) is 1.67. The summed E-state index contributed by atoms with van der Waals surface area (Å²) in [7, 11) is -1.36. The summed E-state index contributed by atoms with van der Waals surface area (Å²) >= 11 is 0. The highest BCUT2D eigenvalue weighted by Gasteiger charge is 2.06. The van der Waals surface area contributed by atoms with Gasteiger partial charge < -0.3 is 15.2 Å². The third kappa shape index (κ3) is 4.93. The summed E-state index contributed by atoms with van der Waals surface area (Å²) in [6, 6.07) is 5.40. The molecule has 0 aliphatic heterocycles. The van der Waals surface area contributed by atoms with Gasteiger partial charge in [0, 0.05) is 24.4 Å². The number of hydrogen-bond acceptors (Lipinski definition) is 5. The first-order chi connectivity index (χ1) is 8.46. The highest BCUT2D eigenvalue weighted by atomic mass is 32.2. The van der Waals surface area contributed by atoms with Gasteiger partial charge in [0.25, 0.3) is 0 Å². The number of ether oxygens (including phenoxy) is 2. The lowest BCUT2D eigenvalue weighted by atomic mass is 10.2. The predicted molar refractivity (Wildman–Crippen MR) is 70.7 cm³/mol. The molecule has 0 heterocycles. The Balaban J connectivity index is 2.60. The van der Waals surface area contributed by atoms with Gasteiger partial charge in [0.1, 0.15) is 21.3 Å². The van der Waals surface area contributed by atoms with Crippen molar-refractivity contribution in [3.05, 3.63) is 23.8 Å². The van der Waals surface area contributed by atoms with Crippen LogP contribution in [0.3, 0.4) is 0 Å². The largest absolute Gasteiger partial charge is 0.497 e. The molecule has 0 aromatic heterocycles. The van der Waals surface area contributed by atoms with E-state index in [-0.39, 0.29) is 5.75 Å².